The summed E-state index contributed by atoms with van der Waals surface area (Å²) >= 11 is 5.72. The number of aromatic nitrogens is 7. The van der Waals surface area contributed by atoms with Crippen LogP contribution in [0.4, 0.5) is 10.3 Å². The van der Waals surface area contributed by atoms with Crippen LogP contribution >= 0.6 is 11.6 Å². The number of benzene rings is 1. The summed E-state index contributed by atoms with van der Waals surface area (Å²) in [7, 11) is 0. The Morgan fingerprint density at radius 2 is 2.30 bits per heavy atom. The second-order valence-electron chi connectivity index (χ2n) is 4.51. The fraction of sp³-hybridized carbons (Fsp3) is 0.167. The third-order valence-corrected chi connectivity index (χ3v) is 3.18. The molecule has 2 aromatic heterocycles. The molecule has 0 radical (unpaired) electrons. The van der Waals surface area contributed by atoms with Gasteiger partial charge in [0.1, 0.15) is 12.1 Å². The van der Waals surface area contributed by atoms with Crippen molar-refractivity contribution in [2.24, 2.45) is 0 Å². The Hall–Kier alpha value is -2.88. The summed E-state index contributed by atoms with van der Waals surface area (Å²) in [5.74, 6) is -0.334. The topological polar surface area (TPSA) is 114 Å². The monoisotopic (exact) mass is 336 g/mol. The summed E-state index contributed by atoms with van der Waals surface area (Å²) in [6, 6.07) is 4.15. The van der Waals surface area contributed by atoms with Gasteiger partial charge in [0.2, 0.25) is 11.9 Å². The van der Waals surface area contributed by atoms with Gasteiger partial charge in [-0.25, -0.2) is 9.07 Å². The Labute approximate surface area is 133 Å². The molecule has 0 aliphatic rings. The molecular formula is C12H10ClFN8O. The predicted molar refractivity (Wildman–Crippen MR) is 77.9 cm³/mol. The second kappa shape index (κ2) is 6.48. The molecule has 0 aliphatic heterocycles. The number of tetrazole rings is 1. The number of aryl methyl sites for hydroxylation is 1. The van der Waals surface area contributed by atoms with Crippen LogP contribution in [0.3, 0.4) is 0 Å². The molecule has 1 aromatic carbocycles. The van der Waals surface area contributed by atoms with E-state index in [0.717, 1.165) is 0 Å². The van der Waals surface area contributed by atoms with Gasteiger partial charge in [0.25, 0.3) is 0 Å². The van der Waals surface area contributed by atoms with Gasteiger partial charge in [-0.2, -0.15) is 4.98 Å². The molecule has 0 saturated carbocycles. The zero-order valence-corrected chi connectivity index (χ0v) is 12.3. The minimum Gasteiger partial charge on any atom is -0.293 e. The highest BCUT2D eigenvalue weighted by Crippen LogP contribution is 2.22. The predicted octanol–water partition coefficient (Wildman–Crippen LogP) is 1.28. The lowest BCUT2D eigenvalue weighted by molar-refractivity contribution is -0.116. The van der Waals surface area contributed by atoms with Gasteiger partial charge >= 0.3 is 0 Å². The number of carbonyl (C=O) groups excluding carboxylic acids is 1. The van der Waals surface area contributed by atoms with E-state index in [1.54, 1.807) is 0 Å². The molecule has 2 heterocycles. The summed E-state index contributed by atoms with van der Waals surface area (Å²) in [5.41, 5.74) is 0.554. The SMILES string of the molecule is O=C(CCn1cnnn1)Nc1n[nH]c(-c2ccc(F)c(Cl)c2)n1. The zero-order valence-electron chi connectivity index (χ0n) is 11.6. The molecule has 0 saturated heterocycles. The molecule has 0 aliphatic carbocycles. The lowest BCUT2D eigenvalue weighted by atomic mass is 10.2. The highest BCUT2D eigenvalue weighted by atomic mass is 35.5. The van der Waals surface area contributed by atoms with Crippen LogP contribution in [0.1, 0.15) is 6.42 Å². The first-order valence-corrected chi connectivity index (χ1v) is 6.88. The number of hydrogen-bond acceptors (Lipinski definition) is 6. The van der Waals surface area contributed by atoms with Gasteiger partial charge in [0.15, 0.2) is 5.82 Å². The number of halogens is 2. The van der Waals surface area contributed by atoms with Gasteiger partial charge in [-0.3, -0.25) is 15.2 Å². The van der Waals surface area contributed by atoms with E-state index in [1.165, 1.54) is 29.2 Å². The first kappa shape index (κ1) is 15.0. The minimum absolute atomic E-state index is 0.0223. The number of rotatable bonds is 5. The fourth-order valence-electron chi connectivity index (χ4n) is 1.78. The summed E-state index contributed by atoms with van der Waals surface area (Å²) in [6.07, 6.45) is 1.58. The Bertz CT molecular complexity index is 818. The van der Waals surface area contributed by atoms with Crippen molar-refractivity contribution >= 4 is 23.5 Å². The molecule has 11 heteroatoms. The maximum atomic E-state index is 13.1. The molecule has 0 fully saturated rings. The van der Waals surface area contributed by atoms with Crippen LogP contribution in [0.5, 0.6) is 0 Å². The van der Waals surface area contributed by atoms with Gasteiger partial charge in [0, 0.05) is 12.0 Å². The second-order valence-corrected chi connectivity index (χ2v) is 4.91. The first-order valence-electron chi connectivity index (χ1n) is 6.50. The fourth-order valence-corrected chi connectivity index (χ4v) is 1.96. The van der Waals surface area contributed by atoms with E-state index in [0.29, 0.717) is 17.9 Å². The molecule has 2 N–H and O–H groups in total. The smallest absolute Gasteiger partial charge is 0.249 e. The van der Waals surface area contributed by atoms with Crippen LogP contribution in [0, 0.1) is 5.82 Å². The number of carbonyl (C=O) groups is 1. The van der Waals surface area contributed by atoms with Crippen LogP contribution in [-0.4, -0.2) is 41.3 Å². The van der Waals surface area contributed by atoms with Gasteiger partial charge < -0.3 is 0 Å². The Kier molecular flexibility index (Phi) is 4.24. The van der Waals surface area contributed by atoms with Crippen LogP contribution in [0.2, 0.25) is 5.02 Å². The maximum absolute atomic E-state index is 13.1. The lowest BCUT2D eigenvalue weighted by Crippen LogP contribution is -2.15. The molecule has 23 heavy (non-hydrogen) atoms. The Morgan fingerprint density at radius 3 is 3.04 bits per heavy atom. The van der Waals surface area contributed by atoms with E-state index in [2.05, 4.69) is 36.0 Å². The van der Waals surface area contributed by atoms with Crippen molar-refractivity contribution in [1.29, 1.82) is 0 Å². The summed E-state index contributed by atoms with van der Waals surface area (Å²) in [6.45, 7) is 0.337. The van der Waals surface area contributed by atoms with Crippen LogP contribution in [0.25, 0.3) is 11.4 Å². The van der Waals surface area contributed by atoms with Crippen molar-refractivity contribution in [2.45, 2.75) is 13.0 Å². The normalized spacial score (nSPS) is 10.7. The van der Waals surface area contributed by atoms with Crippen molar-refractivity contribution < 1.29 is 9.18 Å². The molecule has 118 valence electrons. The molecule has 3 aromatic rings. The average molecular weight is 337 g/mol. The third kappa shape index (κ3) is 3.66. The molecule has 3 rings (SSSR count). The summed E-state index contributed by atoms with van der Waals surface area (Å²) in [5, 5.41) is 19.6. The standard InChI is InChI=1S/C12H10ClFN8O/c13-8-5-7(1-2-9(8)14)11-17-12(19-18-11)16-10(23)3-4-22-6-15-20-21-22/h1-2,5-6H,3-4H2,(H2,16,17,18,19,23). The van der Waals surface area contributed by atoms with Gasteiger partial charge in [-0.15, -0.1) is 10.2 Å². The maximum Gasteiger partial charge on any atom is 0.249 e. The third-order valence-electron chi connectivity index (χ3n) is 2.89. The highest BCUT2D eigenvalue weighted by Gasteiger charge is 2.11. The van der Waals surface area contributed by atoms with Crippen molar-refractivity contribution in [3.05, 3.63) is 35.4 Å². The minimum atomic E-state index is -0.522. The molecule has 0 bridgehead atoms. The van der Waals surface area contributed by atoms with E-state index >= 15 is 0 Å². The van der Waals surface area contributed by atoms with Crippen molar-refractivity contribution in [1.82, 2.24) is 35.4 Å². The largest absolute Gasteiger partial charge is 0.293 e. The molecule has 0 atom stereocenters. The lowest BCUT2D eigenvalue weighted by Gasteiger charge is -2.00. The Balaban J connectivity index is 1.62. The van der Waals surface area contributed by atoms with Crippen LogP contribution < -0.4 is 5.32 Å². The van der Waals surface area contributed by atoms with Gasteiger partial charge in [-0.05, 0) is 28.6 Å². The number of hydrogen-bond donors (Lipinski definition) is 2. The number of amides is 1. The van der Waals surface area contributed by atoms with E-state index in [-0.39, 0.29) is 23.3 Å². The van der Waals surface area contributed by atoms with Gasteiger partial charge in [-0.1, -0.05) is 11.6 Å². The van der Waals surface area contributed by atoms with E-state index in [4.69, 9.17) is 11.6 Å². The van der Waals surface area contributed by atoms with Crippen LogP contribution in [0.15, 0.2) is 24.5 Å². The molecule has 9 nitrogen and oxygen atoms in total. The number of nitrogens with zero attached hydrogens (tertiary/aromatic N) is 6. The van der Waals surface area contributed by atoms with Crippen molar-refractivity contribution in [3.63, 3.8) is 0 Å². The quantitative estimate of drug-likeness (QED) is 0.725. The van der Waals surface area contributed by atoms with E-state index < -0.39 is 5.82 Å². The average Bonchev–Trinajstić information content (AvgIpc) is 3.19. The van der Waals surface area contributed by atoms with E-state index in [9.17, 15) is 9.18 Å². The highest BCUT2D eigenvalue weighted by molar-refractivity contribution is 6.31. The number of aromatic amines is 1. The summed E-state index contributed by atoms with van der Waals surface area (Å²) in [4.78, 5) is 15.9. The number of H-pyrrole nitrogens is 1. The van der Waals surface area contributed by atoms with Crippen molar-refractivity contribution in [3.8, 4) is 11.4 Å². The molecule has 0 spiro atoms. The molecule has 1 amide bonds. The van der Waals surface area contributed by atoms with Crippen LogP contribution in [-0.2, 0) is 11.3 Å². The Morgan fingerprint density at radius 1 is 1.43 bits per heavy atom. The summed E-state index contributed by atoms with van der Waals surface area (Å²) < 4.78 is 14.6. The van der Waals surface area contributed by atoms with Gasteiger partial charge in [0.05, 0.1) is 11.6 Å². The first-order chi connectivity index (χ1) is 11.1. The zero-order chi connectivity index (χ0) is 16.2. The molecule has 0 unspecified atom stereocenters. The molecular weight excluding hydrogens is 327 g/mol. The number of anilines is 1. The number of nitrogens with one attached hydrogen (secondary N) is 2. The van der Waals surface area contributed by atoms with Crippen molar-refractivity contribution in [2.75, 3.05) is 5.32 Å². The van der Waals surface area contributed by atoms with E-state index in [1.807, 2.05) is 0 Å².